The summed E-state index contributed by atoms with van der Waals surface area (Å²) >= 11 is 0. The van der Waals surface area contributed by atoms with E-state index < -0.39 is 5.54 Å². The topological polar surface area (TPSA) is 47.6 Å². The number of methoxy groups -OCH3 is 1. The Balaban J connectivity index is 2.07. The lowest BCUT2D eigenvalue weighted by Crippen LogP contribution is -2.50. The number of ether oxygens (including phenoxy) is 2. The molecule has 1 saturated carbocycles. The lowest BCUT2D eigenvalue weighted by molar-refractivity contribution is -0.148. The molecule has 0 saturated heterocycles. The molecule has 4 nitrogen and oxygen atoms in total. The van der Waals surface area contributed by atoms with E-state index in [-0.39, 0.29) is 5.97 Å². The molecule has 1 aliphatic carbocycles. The molecule has 0 heterocycles. The quantitative estimate of drug-likeness (QED) is 0.463. The molecule has 19 heavy (non-hydrogen) atoms. The summed E-state index contributed by atoms with van der Waals surface area (Å²) in [7, 11) is 1.44. The number of esters is 1. The minimum atomic E-state index is -0.558. The van der Waals surface area contributed by atoms with E-state index in [9.17, 15) is 4.79 Å². The van der Waals surface area contributed by atoms with Crippen LogP contribution in [0.15, 0.2) is 0 Å². The van der Waals surface area contributed by atoms with Gasteiger partial charge < -0.3 is 14.8 Å². The summed E-state index contributed by atoms with van der Waals surface area (Å²) in [5.41, 5.74) is -0.558. The van der Waals surface area contributed by atoms with Gasteiger partial charge in [0.25, 0.3) is 0 Å². The summed E-state index contributed by atoms with van der Waals surface area (Å²) in [4.78, 5) is 11.8. The van der Waals surface area contributed by atoms with Gasteiger partial charge in [-0.15, -0.1) is 0 Å². The lowest BCUT2D eigenvalue weighted by atomic mass is 9.95. The maximum Gasteiger partial charge on any atom is 0.325 e. The Morgan fingerprint density at radius 3 is 2.63 bits per heavy atom. The molecule has 1 rings (SSSR count). The van der Waals surface area contributed by atoms with E-state index in [4.69, 9.17) is 9.47 Å². The van der Waals surface area contributed by atoms with Crippen molar-refractivity contribution in [3.8, 4) is 0 Å². The molecule has 1 unspecified atom stereocenters. The normalized spacial score (nSPS) is 18.1. The second kappa shape index (κ2) is 8.54. The van der Waals surface area contributed by atoms with Crippen molar-refractivity contribution < 1.29 is 14.3 Å². The van der Waals surface area contributed by atoms with Crippen molar-refractivity contribution in [1.82, 2.24) is 5.32 Å². The standard InChI is InChI=1S/C15H29NO3/c1-4-16-15(2,14(17)18-3)10-5-6-11-19-12-9-13-7-8-13/h13,16H,4-12H2,1-3H3. The number of carbonyl (C=O) groups excluding carboxylic acids is 1. The van der Waals surface area contributed by atoms with Crippen molar-refractivity contribution in [3.05, 3.63) is 0 Å². The van der Waals surface area contributed by atoms with Gasteiger partial charge in [0.2, 0.25) is 0 Å². The molecule has 0 spiro atoms. The molecule has 0 aromatic carbocycles. The maximum atomic E-state index is 11.8. The first-order valence-corrected chi connectivity index (χ1v) is 7.53. The van der Waals surface area contributed by atoms with E-state index in [1.165, 1.54) is 26.4 Å². The third-order valence-corrected chi connectivity index (χ3v) is 3.79. The third kappa shape index (κ3) is 6.39. The molecular weight excluding hydrogens is 242 g/mol. The Morgan fingerprint density at radius 1 is 1.32 bits per heavy atom. The first-order valence-electron chi connectivity index (χ1n) is 7.53. The van der Waals surface area contributed by atoms with Crippen LogP contribution in [0.5, 0.6) is 0 Å². The summed E-state index contributed by atoms with van der Waals surface area (Å²) in [6, 6.07) is 0. The van der Waals surface area contributed by atoms with Crippen molar-refractivity contribution >= 4 is 5.97 Å². The lowest BCUT2D eigenvalue weighted by Gasteiger charge is -2.27. The largest absolute Gasteiger partial charge is 0.468 e. The first-order chi connectivity index (χ1) is 9.12. The smallest absolute Gasteiger partial charge is 0.325 e. The van der Waals surface area contributed by atoms with Crippen LogP contribution in [0.2, 0.25) is 0 Å². The van der Waals surface area contributed by atoms with Crippen molar-refractivity contribution in [3.63, 3.8) is 0 Å². The highest BCUT2D eigenvalue weighted by Gasteiger charge is 2.32. The van der Waals surface area contributed by atoms with Gasteiger partial charge in [0, 0.05) is 13.2 Å². The van der Waals surface area contributed by atoms with E-state index in [2.05, 4.69) is 5.32 Å². The minimum Gasteiger partial charge on any atom is -0.468 e. The predicted molar refractivity (Wildman–Crippen MR) is 76.1 cm³/mol. The van der Waals surface area contributed by atoms with Crippen LogP contribution in [0.3, 0.4) is 0 Å². The monoisotopic (exact) mass is 271 g/mol. The number of carbonyl (C=O) groups is 1. The van der Waals surface area contributed by atoms with Crippen LogP contribution < -0.4 is 5.32 Å². The highest BCUT2D eigenvalue weighted by molar-refractivity contribution is 5.80. The van der Waals surface area contributed by atoms with Gasteiger partial charge in [-0.2, -0.15) is 0 Å². The van der Waals surface area contributed by atoms with Crippen LogP contribution in [0.4, 0.5) is 0 Å². The molecule has 0 bridgehead atoms. The van der Waals surface area contributed by atoms with Crippen molar-refractivity contribution in [1.29, 1.82) is 0 Å². The summed E-state index contributed by atoms with van der Waals surface area (Å²) < 4.78 is 10.5. The molecule has 0 radical (unpaired) electrons. The molecular formula is C15H29NO3. The summed E-state index contributed by atoms with van der Waals surface area (Å²) in [5.74, 6) is 0.764. The zero-order valence-electron chi connectivity index (χ0n) is 12.7. The van der Waals surface area contributed by atoms with Crippen molar-refractivity contribution in [2.24, 2.45) is 5.92 Å². The van der Waals surface area contributed by atoms with Gasteiger partial charge in [-0.05, 0) is 45.1 Å². The van der Waals surface area contributed by atoms with Gasteiger partial charge in [0.1, 0.15) is 5.54 Å². The van der Waals surface area contributed by atoms with E-state index in [0.29, 0.717) is 0 Å². The van der Waals surface area contributed by atoms with Crippen LogP contribution in [-0.4, -0.2) is 38.4 Å². The Hall–Kier alpha value is -0.610. The van der Waals surface area contributed by atoms with Crippen LogP contribution in [0.25, 0.3) is 0 Å². The number of hydrogen-bond acceptors (Lipinski definition) is 4. The fourth-order valence-electron chi connectivity index (χ4n) is 2.32. The number of likely N-dealkylation sites (N-methyl/N-ethyl adjacent to an activating group) is 1. The van der Waals surface area contributed by atoms with Gasteiger partial charge >= 0.3 is 5.97 Å². The van der Waals surface area contributed by atoms with Gasteiger partial charge in [-0.3, -0.25) is 4.79 Å². The second-order valence-electron chi connectivity index (χ2n) is 5.66. The molecule has 1 fully saturated rings. The fraction of sp³-hybridized carbons (Fsp3) is 0.933. The second-order valence-corrected chi connectivity index (χ2v) is 5.66. The third-order valence-electron chi connectivity index (χ3n) is 3.79. The molecule has 0 aromatic rings. The zero-order valence-corrected chi connectivity index (χ0v) is 12.7. The highest BCUT2D eigenvalue weighted by Crippen LogP contribution is 2.32. The zero-order chi connectivity index (χ0) is 14.1. The van der Waals surface area contributed by atoms with Crippen LogP contribution in [0, 0.1) is 5.92 Å². The van der Waals surface area contributed by atoms with E-state index >= 15 is 0 Å². The Bertz CT molecular complexity index is 266. The van der Waals surface area contributed by atoms with Crippen LogP contribution in [-0.2, 0) is 14.3 Å². The van der Waals surface area contributed by atoms with Crippen molar-refractivity contribution in [2.45, 2.75) is 57.9 Å². The molecule has 1 N–H and O–H groups in total. The number of hydrogen-bond donors (Lipinski definition) is 1. The molecule has 0 aliphatic heterocycles. The van der Waals surface area contributed by atoms with E-state index in [0.717, 1.165) is 44.9 Å². The Labute approximate surface area is 117 Å². The molecule has 4 heteroatoms. The number of rotatable bonds is 11. The predicted octanol–water partition coefficient (Wildman–Crippen LogP) is 2.51. The number of nitrogens with one attached hydrogen (secondary N) is 1. The van der Waals surface area contributed by atoms with Crippen LogP contribution >= 0.6 is 0 Å². The van der Waals surface area contributed by atoms with Gasteiger partial charge in [0.05, 0.1) is 7.11 Å². The summed E-state index contributed by atoms with van der Waals surface area (Å²) in [6.07, 6.45) is 6.77. The minimum absolute atomic E-state index is 0.177. The Kier molecular flexibility index (Phi) is 7.39. The maximum absolute atomic E-state index is 11.8. The molecule has 1 atom stereocenters. The molecule has 0 amide bonds. The Morgan fingerprint density at radius 2 is 2.05 bits per heavy atom. The molecule has 1 aliphatic rings. The molecule has 0 aromatic heterocycles. The first kappa shape index (κ1) is 16.4. The van der Waals surface area contributed by atoms with E-state index in [1.807, 2.05) is 13.8 Å². The fourth-order valence-corrected chi connectivity index (χ4v) is 2.32. The van der Waals surface area contributed by atoms with Gasteiger partial charge in [-0.1, -0.05) is 19.8 Å². The summed E-state index contributed by atoms with van der Waals surface area (Å²) in [5, 5.41) is 3.22. The SMILES string of the molecule is CCNC(C)(CCCCOCCC1CC1)C(=O)OC. The average molecular weight is 271 g/mol. The van der Waals surface area contributed by atoms with Crippen molar-refractivity contribution in [2.75, 3.05) is 26.9 Å². The average Bonchev–Trinajstić information content (AvgIpc) is 3.21. The number of unbranched alkanes of at least 4 members (excludes halogenated alkanes) is 1. The van der Waals surface area contributed by atoms with Crippen LogP contribution in [0.1, 0.15) is 52.4 Å². The van der Waals surface area contributed by atoms with Gasteiger partial charge in [0.15, 0.2) is 0 Å². The van der Waals surface area contributed by atoms with E-state index in [1.54, 1.807) is 0 Å². The molecule has 112 valence electrons. The van der Waals surface area contributed by atoms with Gasteiger partial charge in [-0.25, -0.2) is 0 Å². The highest BCUT2D eigenvalue weighted by atomic mass is 16.5. The summed E-state index contributed by atoms with van der Waals surface area (Å²) in [6.45, 7) is 6.38.